The molecule has 3 rings (SSSR count). The van der Waals surface area contributed by atoms with E-state index in [-0.39, 0.29) is 24.0 Å². The van der Waals surface area contributed by atoms with Crippen molar-refractivity contribution in [3.63, 3.8) is 0 Å². The number of pyridine rings is 1. The first-order valence-corrected chi connectivity index (χ1v) is 7.05. The highest BCUT2D eigenvalue weighted by atomic mass is 16.5. The first kappa shape index (κ1) is 12.5. The molecule has 1 saturated carbocycles. The van der Waals surface area contributed by atoms with Gasteiger partial charge in [0.2, 0.25) is 11.8 Å². The Bertz CT molecular complexity index is 460. The molecule has 4 heteroatoms. The SMILES string of the molecule is CC(C)C(=O)N1CC2CCC1C2Oc1ccccn1. The third kappa shape index (κ3) is 2.20. The fourth-order valence-electron chi connectivity index (χ4n) is 3.26. The lowest BCUT2D eigenvalue weighted by Gasteiger charge is -2.28. The lowest BCUT2D eigenvalue weighted by atomic mass is 10.1. The van der Waals surface area contributed by atoms with Crippen molar-refractivity contribution in [2.24, 2.45) is 11.8 Å². The van der Waals surface area contributed by atoms with Crippen LogP contribution in [-0.2, 0) is 4.79 Å². The van der Waals surface area contributed by atoms with Crippen molar-refractivity contribution in [3.8, 4) is 5.88 Å². The minimum absolute atomic E-state index is 0.0647. The van der Waals surface area contributed by atoms with Crippen LogP contribution in [0.3, 0.4) is 0 Å². The second kappa shape index (κ2) is 4.83. The number of likely N-dealkylation sites (tertiary alicyclic amines) is 1. The number of fused-ring (bicyclic) bond motifs is 2. The molecule has 1 aromatic rings. The van der Waals surface area contributed by atoms with E-state index in [1.165, 1.54) is 0 Å². The van der Waals surface area contributed by atoms with E-state index >= 15 is 0 Å². The zero-order valence-corrected chi connectivity index (χ0v) is 11.5. The van der Waals surface area contributed by atoms with Gasteiger partial charge in [0.25, 0.3) is 0 Å². The molecule has 1 aromatic heterocycles. The molecular formula is C15H20N2O2. The number of carbonyl (C=O) groups excluding carboxylic acids is 1. The molecule has 1 saturated heterocycles. The van der Waals surface area contributed by atoms with E-state index in [0.717, 1.165) is 19.4 Å². The van der Waals surface area contributed by atoms with Crippen LogP contribution in [0, 0.1) is 11.8 Å². The van der Waals surface area contributed by atoms with Crippen molar-refractivity contribution >= 4 is 5.91 Å². The number of hydrogen-bond donors (Lipinski definition) is 0. The molecule has 2 bridgehead atoms. The van der Waals surface area contributed by atoms with Crippen LogP contribution in [0.25, 0.3) is 0 Å². The highest BCUT2D eigenvalue weighted by molar-refractivity contribution is 5.79. The molecule has 0 aromatic carbocycles. The van der Waals surface area contributed by atoms with Crippen LogP contribution in [0.2, 0.25) is 0 Å². The number of piperidine rings is 1. The Morgan fingerprint density at radius 1 is 1.42 bits per heavy atom. The molecule has 1 aliphatic heterocycles. The van der Waals surface area contributed by atoms with Crippen LogP contribution in [-0.4, -0.2) is 34.5 Å². The van der Waals surface area contributed by atoms with Crippen molar-refractivity contribution in [2.45, 2.75) is 38.8 Å². The van der Waals surface area contributed by atoms with E-state index in [1.807, 2.05) is 36.9 Å². The van der Waals surface area contributed by atoms with Crippen molar-refractivity contribution in [1.82, 2.24) is 9.88 Å². The summed E-state index contributed by atoms with van der Waals surface area (Å²) in [6.07, 6.45) is 4.08. The number of aromatic nitrogens is 1. The number of rotatable bonds is 3. The van der Waals surface area contributed by atoms with Crippen LogP contribution >= 0.6 is 0 Å². The Balaban J connectivity index is 1.73. The number of carbonyl (C=O) groups is 1. The highest BCUT2D eigenvalue weighted by Crippen LogP contribution is 2.40. The minimum atomic E-state index is 0.0647. The van der Waals surface area contributed by atoms with E-state index in [0.29, 0.717) is 11.8 Å². The van der Waals surface area contributed by atoms with E-state index in [4.69, 9.17) is 4.74 Å². The quantitative estimate of drug-likeness (QED) is 0.836. The van der Waals surface area contributed by atoms with Crippen LogP contribution < -0.4 is 4.74 Å². The maximum absolute atomic E-state index is 12.2. The number of nitrogens with zero attached hydrogens (tertiary/aromatic N) is 2. The molecule has 1 aliphatic carbocycles. The smallest absolute Gasteiger partial charge is 0.225 e. The largest absolute Gasteiger partial charge is 0.472 e. The van der Waals surface area contributed by atoms with Crippen molar-refractivity contribution < 1.29 is 9.53 Å². The Hall–Kier alpha value is -1.58. The minimum Gasteiger partial charge on any atom is -0.472 e. The van der Waals surface area contributed by atoms with Gasteiger partial charge in [-0.15, -0.1) is 0 Å². The number of ether oxygens (including phenoxy) is 1. The Morgan fingerprint density at radius 3 is 2.95 bits per heavy atom. The molecule has 0 spiro atoms. The summed E-state index contributed by atoms with van der Waals surface area (Å²) in [7, 11) is 0. The maximum atomic E-state index is 12.2. The molecule has 1 amide bonds. The summed E-state index contributed by atoms with van der Waals surface area (Å²) in [6, 6.07) is 5.93. The summed E-state index contributed by atoms with van der Waals surface area (Å²) in [5.74, 6) is 1.45. The van der Waals surface area contributed by atoms with Crippen molar-refractivity contribution in [3.05, 3.63) is 24.4 Å². The van der Waals surface area contributed by atoms with Gasteiger partial charge in [0.1, 0.15) is 6.10 Å². The first-order chi connectivity index (χ1) is 9.16. The average Bonchev–Trinajstić information content (AvgIpc) is 2.96. The zero-order chi connectivity index (χ0) is 13.4. The van der Waals surface area contributed by atoms with E-state index < -0.39 is 0 Å². The predicted molar refractivity (Wildman–Crippen MR) is 71.7 cm³/mol. The lowest BCUT2D eigenvalue weighted by molar-refractivity contribution is -0.136. The van der Waals surface area contributed by atoms with Gasteiger partial charge in [-0.2, -0.15) is 0 Å². The van der Waals surface area contributed by atoms with Crippen LogP contribution in [0.1, 0.15) is 26.7 Å². The zero-order valence-electron chi connectivity index (χ0n) is 11.5. The fourth-order valence-corrected chi connectivity index (χ4v) is 3.26. The van der Waals surface area contributed by atoms with Crippen molar-refractivity contribution in [1.29, 1.82) is 0 Å². The molecule has 2 aliphatic rings. The molecule has 0 radical (unpaired) electrons. The third-order valence-corrected chi connectivity index (χ3v) is 4.18. The lowest BCUT2D eigenvalue weighted by Crippen LogP contribution is -2.42. The van der Waals surface area contributed by atoms with Gasteiger partial charge in [-0.05, 0) is 18.9 Å². The summed E-state index contributed by atoms with van der Waals surface area (Å²) < 4.78 is 6.02. The molecule has 19 heavy (non-hydrogen) atoms. The molecular weight excluding hydrogens is 240 g/mol. The highest BCUT2D eigenvalue weighted by Gasteiger charge is 2.50. The molecule has 0 N–H and O–H groups in total. The van der Waals surface area contributed by atoms with Crippen LogP contribution in [0.15, 0.2) is 24.4 Å². The normalized spacial score (nSPS) is 29.0. The van der Waals surface area contributed by atoms with Crippen molar-refractivity contribution in [2.75, 3.05) is 6.54 Å². The molecule has 2 fully saturated rings. The number of hydrogen-bond acceptors (Lipinski definition) is 3. The monoisotopic (exact) mass is 260 g/mol. The molecule has 3 atom stereocenters. The summed E-state index contributed by atoms with van der Waals surface area (Å²) >= 11 is 0. The molecule has 3 unspecified atom stereocenters. The third-order valence-electron chi connectivity index (χ3n) is 4.18. The Labute approximate surface area is 113 Å². The van der Waals surface area contributed by atoms with Gasteiger partial charge in [0, 0.05) is 30.6 Å². The molecule has 4 nitrogen and oxygen atoms in total. The number of amides is 1. The van der Waals surface area contributed by atoms with E-state index in [2.05, 4.69) is 4.98 Å². The summed E-state index contributed by atoms with van der Waals surface area (Å²) in [4.78, 5) is 18.4. The van der Waals surface area contributed by atoms with Gasteiger partial charge < -0.3 is 9.64 Å². The van der Waals surface area contributed by atoms with Gasteiger partial charge in [-0.3, -0.25) is 4.79 Å². The van der Waals surface area contributed by atoms with Crippen LogP contribution in [0.5, 0.6) is 5.88 Å². The van der Waals surface area contributed by atoms with Gasteiger partial charge in [-0.1, -0.05) is 19.9 Å². The summed E-state index contributed by atoms with van der Waals surface area (Å²) in [5, 5.41) is 0. The summed E-state index contributed by atoms with van der Waals surface area (Å²) in [5.41, 5.74) is 0. The topological polar surface area (TPSA) is 42.4 Å². The second-order valence-electron chi connectivity index (χ2n) is 5.80. The Morgan fingerprint density at radius 2 is 2.26 bits per heavy atom. The second-order valence-corrected chi connectivity index (χ2v) is 5.80. The van der Waals surface area contributed by atoms with Gasteiger partial charge in [0.05, 0.1) is 6.04 Å². The van der Waals surface area contributed by atoms with Gasteiger partial charge in [-0.25, -0.2) is 4.98 Å². The summed E-state index contributed by atoms with van der Waals surface area (Å²) in [6.45, 7) is 4.77. The standard InChI is InChI=1S/C15H20N2O2/c1-10(2)15(18)17-9-11-6-7-12(17)14(11)19-13-5-3-4-8-16-13/h3-5,8,10-12,14H,6-7,9H2,1-2H3. The average molecular weight is 260 g/mol. The Kier molecular flexibility index (Phi) is 3.17. The fraction of sp³-hybridized carbons (Fsp3) is 0.600. The molecule has 2 heterocycles. The van der Waals surface area contributed by atoms with Gasteiger partial charge >= 0.3 is 0 Å². The van der Waals surface area contributed by atoms with Gasteiger partial charge in [0.15, 0.2) is 0 Å². The van der Waals surface area contributed by atoms with E-state index in [1.54, 1.807) is 6.20 Å². The molecule has 102 valence electrons. The predicted octanol–water partition coefficient (Wildman–Crippen LogP) is 2.11. The van der Waals surface area contributed by atoms with Crippen LogP contribution in [0.4, 0.5) is 0 Å². The maximum Gasteiger partial charge on any atom is 0.225 e. The first-order valence-electron chi connectivity index (χ1n) is 7.05. The van der Waals surface area contributed by atoms with E-state index in [9.17, 15) is 4.79 Å².